The quantitative estimate of drug-likeness (QED) is 0.761. The zero-order chi connectivity index (χ0) is 11.4. The van der Waals surface area contributed by atoms with Gasteiger partial charge >= 0.3 is 0 Å². The highest BCUT2D eigenvalue weighted by Gasteiger charge is 2.21. The molecule has 1 aliphatic rings. The Morgan fingerprint density at radius 3 is 3.12 bits per heavy atom. The van der Waals surface area contributed by atoms with E-state index in [4.69, 9.17) is 0 Å². The molecule has 4 nitrogen and oxygen atoms in total. The summed E-state index contributed by atoms with van der Waals surface area (Å²) in [4.78, 5) is 23.4. The van der Waals surface area contributed by atoms with Gasteiger partial charge in [0.05, 0.1) is 6.04 Å². The number of hydrogen-bond acceptors (Lipinski definition) is 3. The van der Waals surface area contributed by atoms with E-state index in [-0.39, 0.29) is 17.9 Å². The summed E-state index contributed by atoms with van der Waals surface area (Å²) in [6.07, 6.45) is 3.64. The van der Waals surface area contributed by atoms with E-state index in [0.717, 1.165) is 4.88 Å². The SMILES string of the molecule is O=C(/C=C/c1cccs1)N[C@@H]1CNC(=O)C1. The Bertz CT molecular complexity index is 412. The van der Waals surface area contributed by atoms with Crippen LogP contribution in [0.3, 0.4) is 0 Å². The molecular formula is C11H12N2O2S. The van der Waals surface area contributed by atoms with Gasteiger partial charge in [0.1, 0.15) is 0 Å². The topological polar surface area (TPSA) is 58.2 Å². The van der Waals surface area contributed by atoms with E-state index in [1.54, 1.807) is 17.4 Å². The van der Waals surface area contributed by atoms with E-state index in [1.807, 2.05) is 17.5 Å². The normalized spacial score (nSPS) is 20.0. The molecule has 0 aromatic carbocycles. The molecule has 1 aromatic heterocycles. The van der Waals surface area contributed by atoms with Crippen LogP contribution in [0.2, 0.25) is 0 Å². The Balaban J connectivity index is 1.82. The number of rotatable bonds is 3. The van der Waals surface area contributed by atoms with Crippen molar-refractivity contribution < 1.29 is 9.59 Å². The molecule has 5 heteroatoms. The van der Waals surface area contributed by atoms with Crippen LogP contribution in [0.5, 0.6) is 0 Å². The van der Waals surface area contributed by atoms with E-state index in [0.29, 0.717) is 13.0 Å². The van der Waals surface area contributed by atoms with Gasteiger partial charge in [-0.2, -0.15) is 0 Å². The second kappa shape index (κ2) is 4.94. The Hall–Kier alpha value is -1.62. The minimum Gasteiger partial charge on any atom is -0.354 e. The predicted molar refractivity (Wildman–Crippen MR) is 62.9 cm³/mol. The summed E-state index contributed by atoms with van der Waals surface area (Å²) < 4.78 is 0. The first kappa shape index (κ1) is 10.9. The summed E-state index contributed by atoms with van der Waals surface area (Å²) >= 11 is 1.57. The summed E-state index contributed by atoms with van der Waals surface area (Å²) in [7, 11) is 0. The van der Waals surface area contributed by atoms with Gasteiger partial charge in [-0.1, -0.05) is 6.07 Å². The largest absolute Gasteiger partial charge is 0.354 e. The zero-order valence-corrected chi connectivity index (χ0v) is 9.42. The van der Waals surface area contributed by atoms with Crippen LogP contribution in [-0.4, -0.2) is 24.4 Å². The third-order valence-electron chi connectivity index (χ3n) is 2.27. The fourth-order valence-corrected chi connectivity index (χ4v) is 2.12. The van der Waals surface area contributed by atoms with Gasteiger partial charge < -0.3 is 10.6 Å². The van der Waals surface area contributed by atoms with E-state index in [1.165, 1.54) is 6.08 Å². The van der Waals surface area contributed by atoms with Gasteiger partial charge in [0.2, 0.25) is 11.8 Å². The molecule has 2 amide bonds. The molecule has 1 aliphatic heterocycles. The molecule has 2 heterocycles. The van der Waals surface area contributed by atoms with Gasteiger partial charge in [-0.3, -0.25) is 9.59 Å². The van der Waals surface area contributed by atoms with Crippen molar-refractivity contribution in [2.24, 2.45) is 0 Å². The number of thiophene rings is 1. The predicted octanol–water partition coefficient (Wildman–Crippen LogP) is 0.766. The monoisotopic (exact) mass is 236 g/mol. The van der Waals surface area contributed by atoms with Crippen LogP contribution < -0.4 is 10.6 Å². The summed E-state index contributed by atoms with van der Waals surface area (Å²) in [6, 6.07) is 3.80. The third kappa shape index (κ3) is 2.93. The standard InChI is InChI=1S/C11H12N2O2S/c14-10(4-3-9-2-1-5-16-9)13-8-6-11(15)12-7-8/h1-5,8H,6-7H2,(H,12,15)(H,13,14)/b4-3+/t8-/m0/s1. The van der Waals surface area contributed by atoms with Gasteiger partial charge in [0, 0.05) is 23.9 Å². The first-order valence-corrected chi connectivity index (χ1v) is 5.91. The Morgan fingerprint density at radius 1 is 1.62 bits per heavy atom. The van der Waals surface area contributed by atoms with Crippen molar-refractivity contribution in [2.75, 3.05) is 6.54 Å². The molecule has 1 atom stereocenters. The van der Waals surface area contributed by atoms with Crippen LogP contribution in [-0.2, 0) is 9.59 Å². The minimum atomic E-state index is -0.157. The molecular weight excluding hydrogens is 224 g/mol. The van der Waals surface area contributed by atoms with Gasteiger partial charge in [-0.05, 0) is 17.5 Å². The highest BCUT2D eigenvalue weighted by Crippen LogP contribution is 2.10. The number of amides is 2. The maximum atomic E-state index is 11.5. The lowest BCUT2D eigenvalue weighted by Crippen LogP contribution is -2.34. The molecule has 84 valence electrons. The summed E-state index contributed by atoms with van der Waals surface area (Å²) in [5.74, 6) is -0.164. The van der Waals surface area contributed by atoms with Crippen molar-refractivity contribution in [2.45, 2.75) is 12.5 Å². The molecule has 0 unspecified atom stereocenters. The number of nitrogens with one attached hydrogen (secondary N) is 2. The number of carbonyl (C=O) groups is 2. The summed E-state index contributed by atoms with van der Waals surface area (Å²) in [6.45, 7) is 0.525. The van der Waals surface area contributed by atoms with Gasteiger partial charge in [-0.25, -0.2) is 0 Å². The van der Waals surface area contributed by atoms with Gasteiger partial charge in [0.25, 0.3) is 0 Å². The first-order valence-electron chi connectivity index (χ1n) is 5.03. The van der Waals surface area contributed by atoms with Gasteiger partial charge in [0.15, 0.2) is 0 Å². The second-order valence-corrected chi connectivity index (χ2v) is 4.54. The van der Waals surface area contributed by atoms with Crippen molar-refractivity contribution in [1.29, 1.82) is 0 Å². The molecule has 0 aliphatic carbocycles. The lowest BCUT2D eigenvalue weighted by atomic mass is 10.2. The molecule has 16 heavy (non-hydrogen) atoms. The van der Waals surface area contributed by atoms with Crippen LogP contribution in [0, 0.1) is 0 Å². The maximum absolute atomic E-state index is 11.5. The van der Waals surface area contributed by atoms with Crippen LogP contribution in [0.1, 0.15) is 11.3 Å². The number of carbonyl (C=O) groups excluding carboxylic acids is 2. The average molecular weight is 236 g/mol. The van der Waals surface area contributed by atoms with Crippen molar-refractivity contribution in [3.05, 3.63) is 28.5 Å². The average Bonchev–Trinajstić information content (AvgIpc) is 2.87. The summed E-state index contributed by atoms with van der Waals surface area (Å²) in [5, 5.41) is 7.39. The van der Waals surface area contributed by atoms with E-state index >= 15 is 0 Å². The van der Waals surface area contributed by atoms with Crippen molar-refractivity contribution in [3.8, 4) is 0 Å². The van der Waals surface area contributed by atoms with Crippen LogP contribution in [0.4, 0.5) is 0 Å². The van der Waals surface area contributed by atoms with Crippen molar-refractivity contribution >= 4 is 29.2 Å². The fourth-order valence-electron chi connectivity index (χ4n) is 1.50. The van der Waals surface area contributed by atoms with Crippen LogP contribution >= 0.6 is 11.3 Å². The lowest BCUT2D eigenvalue weighted by molar-refractivity contribution is -0.119. The van der Waals surface area contributed by atoms with Crippen molar-refractivity contribution in [1.82, 2.24) is 10.6 Å². The molecule has 1 saturated heterocycles. The molecule has 0 spiro atoms. The molecule has 0 radical (unpaired) electrons. The summed E-state index contributed by atoms with van der Waals surface area (Å²) in [5.41, 5.74) is 0. The Kier molecular flexibility index (Phi) is 3.36. The molecule has 2 rings (SSSR count). The molecule has 1 fully saturated rings. The molecule has 2 N–H and O–H groups in total. The van der Waals surface area contributed by atoms with Gasteiger partial charge in [-0.15, -0.1) is 11.3 Å². The third-order valence-corrected chi connectivity index (χ3v) is 3.10. The Morgan fingerprint density at radius 2 is 2.50 bits per heavy atom. The van der Waals surface area contributed by atoms with E-state index in [2.05, 4.69) is 10.6 Å². The smallest absolute Gasteiger partial charge is 0.244 e. The Labute approximate surface area is 97.4 Å². The highest BCUT2D eigenvalue weighted by atomic mass is 32.1. The maximum Gasteiger partial charge on any atom is 0.244 e. The fraction of sp³-hybridized carbons (Fsp3) is 0.273. The van der Waals surface area contributed by atoms with E-state index < -0.39 is 0 Å². The van der Waals surface area contributed by atoms with Crippen LogP contribution in [0.15, 0.2) is 23.6 Å². The zero-order valence-electron chi connectivity index (χ0n) is 8.60. The first-order chi connectivity index (χ1) is 7.74. The molecule has 0 bridgehead atoms. The minimum absolute atomic E-state index is 0.00691. The highest BCUT2D eigenvalue weighted by molar-refractivity contribution is 7.10. The van der Waals surface area contributed by atoms with E-state index in [9.17, 15) is 9.59 Å². The molecule has 1 aromatic rings. The lowest BCUT2D eigenvalue weighted by Gasteiger charge is -2.06. The van der Waals surface area contributed by atoms with Crippen molar-refractivity contribution in [3.63, 3.8) is 0 Å². The second-order valence-electron chi connectivity index (χ2n) is 3.56. The number of hydrogen-bond donors (Lipinski definition) is 2. The molecule has 0 saturated carbocycles. The van der Waals surface area contributed by atoms with Crippen LogP contribution in [0.25, 0.3) is 6.08 Å².